The number of amides is 1. The van der Waals surface area contributed by atoms with Gasteiger partial charge in [-0.15, -0.1) is 0 Å². The van der Waals surface area contributed by atoms with E-state index in [4.69, 9.17) is 0 Å². The van der Waals surface area contributed by atoms with E-state index in [2.05, 4.69) is 31.3 Å². The van der Waals surface area contributed by atoms with Gasteiger partial charge < -0.3 is 5.32 Å². The van der Waals surface area contributed by atoms with Gasteiger partial charge in [0, 0.05) is 16.9 Å². The highest BCUT2D eigenvalue weighted by Crippen LogP contribution is 2.18. The van der Waals surface area contributed by atoms with Crippen molar-refractivity contribution in [2.45, 2.75) is 6.92 Å². The van der Waals surface area contributed by atoms with Crippen LogP contribution in [0.4, 0.5) is 5.82 Å². The Bertz CT molecular complexity index is 797. The molecule has 5 nitrogen and oxygen atoms in total. The minimum absolute atomic E-state index is 0.218. The number of rotatable bonds is 2. The highest BCUT2D eigenvalue weighted by molar-refractivity contribution is 9.10. The summed E-state index contributed by atoms with van der Waals surface area (Å²) in [4.78, 5) is 16.5. The lowest BCUT2D eigenvalue weighted by Crippen LogP contribution is -2.13. The van der Waals surface area contributed by atoms with Crippen molar-refractivity contribution in [1.29, 1.82) is 0 Å². The molecule has 0 saturated carbocycles. The SMILES string of the molecule is Cc1cc(Br)cnc1NC(=O)c1cnn2ccccc12. The number of pyridine rings is 2. The Labute approximate surface area is 123 Å². The second-order valence-electron chi connectivity index (χ2n) is 4.36. The smallest absolute Gasteiger partial charge is 0.260 e. The quantitative estimate of drug-likeness (QED) is 0.785. The van der Waals surface area contributed by atoms with Crippen molar-refractivity contribution in [3.63, 3.8) is 0 Å². The first-order chi connectivity index (χ1) is 9.65. The van der Waals surface area contributed by atoms with Gasteiger partial charge in [-0.05, 0) is 46.6 Å². The van der Waals surface area contributed by atoms with Crippen LogP contribution in [0, 0.1) is 6.92 Å². The minimum atomic E-state index is -0.218. The van der Waals surface area contributed by atoms with Crippen molar-refractivity contribution in [3.05, 3.63) is 58.5 Å². The van der Waals surface area contributed by atoms with Gasteiger partial charge in [-0.3, -0.25) is 4.79 Å². The molecule has 0 fully saturated rings. The summed E-state index contributed by atoms with van der Waals surface area (Å²) in [5, 5.41) is 6.95. The molecule has 0 radical (unpaired) electrons. The molecular formula is C14H11BrN4O. The molecular weight excluding hydrogens is 320 g/mol. The standard InChI is InChI=1S/C14H11BrN4O/c1-9-6-10(15)7-16-13(9)18-14(20)11-8-17-19-5-3-2-4-12(11)19/h2-8H,1H3,(H,16,18,20). The monoisotopic (exact) mass is 330 g/mol. The summed E-state index contributed by atoms with van der Waals surface area (Å²) in [5.74, 6) is 0.331. The summed E-state index contributed by atoms with van der Waals surface area (Å²) < 4.78 is 2.54. The lowest BCUT2D eigenvalue weighted by Gasteiger charge is -2.06. The number of nitrogens with one attached hydrogen (secondary N) is 1. The molecule has 0 spiro atoms. The molecule has 0 aliphatic rings. The highest BCUT2D eigenvalue weighted by Gasteiger charge is 2.14. The highest BCUT2D eigenvalue weighted by atomic mass is 79.9. The molecule has 6 heteroatoms. The number of halogens is 1. The lowest BCUT2D eigenvalue weighted by atomic mass is 10.2. The van der Waals surface area contributed by atoms with Crippen LogP contribution in [0.25, 0.3) is 5.52 Å². The summed E-state index contributed by atoms with van der Waals surface area (Å²) in [6, 6.07) is 7.49. The maximum Gasteiger partial charge on any atom is 0.260 e. The average molecular weight is 331 g/mol. The first kappa shape index (κ1) is 12.8. The molecule has 20 heavy (non-hydrogen) atoms. The van der Waals surface area contributed by atoms with Crippen LogP contribution >= 0.6 is 15.9 Å². The first-order valence-corrected chi connectivity index (χ1v) is 6.80. The molecule has 1 amide bonds. The zero-order valence-corrected chi connectivity index (χ0v) is 12.3. The minimum Gasteiger partial charge on any atom is -0.306 e. The van der Waals surface area contributed by atoms with Gasteiger partial charge in [-0.25, -0.2) is 9.50 Å². The Kier molecular flexibility index (Phi) is 3.23. The summed E-state index contributed by atoms with van der Waals surface area (Å²) in [6.07, 6.45) is 5.01. The number of carbonyl (C=O) groups is 1. The van der Waals surface area contributed by atoms with E-state index >= 15 is 0 Å². The topological polar surface area (TPSA) is 59.3 Å². The van der Waals surface area contributed by atoms with Crippen LogP contribution in [0.15, 0.2) is 47.3 Å². The van der Waals surface area contributed by atoms with E-state index in [1.165, 1.54) is 0 Å². The third-order valence-corrected chi connectivity index (χ3v) is 3.38. The number of carbonyl (C=O) groups excluding carboxylic acids is 1. The Morgan fingerprint density at radius 3 is 3.00 bits per heavy atom. The molecule has 3 aromatic rings. The van der Waals surface area contributed by atoms with Crippen molar-refractivity contribution in [2.75, 3.05) is 5.32 Å². The van der Waals surface area contributed by atoms with Gasteiger partial charge in [-0.1, -0.05) is 6.07 Å². The predicted octanol–water partition coefficient (Wildman–Crippen LogP) is 3.05. The zero-order valence-electron chi connectivity index (χ0n) is 10.7. The summed E-state index contributed by atoms with van der Waals surface area (Å²) in [6.45, 7) is 1.89. The van der Waals surface area contributed by atoms with E-state index in [9.17, 15) is 4.79 Å². The number of hydrogen-bond donors (Lipinski definition) is 1. The number of aryl methyl sites for hydroxylation is 1. The van der Waals surface area contributed by atoms with Gasteiger partial charge in [0.15, 0.2) is 0 Å². The maximum atomic E-state index is 12.3. The lowest BCUT2D eigenvalue weighted by molar-refractivity contribution is 0.102. The normalized spacial score (nSPS) is 10.7. The summed E-state index contributed by atoms with van der Waals surface area (Å²) >= 11 is 3.35. The number of aromatic nitrogens is 3. The van der Waals surface area contributed by atoms with Crippen molar-refractivity contribution in [3.8, 4) is 0 Å². The zero-order chi connectivity index (χ0) is 14.1. The number of hydrogen-bond acceptors (Lipinski definition) is 3. The molecule has 1 N–H and O–H groups in total. The number of anilines is 1. The Morgan fingerprint density at radius 2 is 2.20 bits per heavy atom. The number of fused-ring (bicyclic) bond motifs is 1. The third kappa shape index (κ3) is 2.30. The summed E-state index contributed by atoms with van der Waals surface area (Å²) in [7, 11) is 0. The fraction of sp³-hybridized carbons (Fsp3) is 0.0714. The second kappa shape index (κ2) is 5.05. The van der Waals surface area contributed by atoms with E-state index in [0.29, 0.717) is 11.4 Å². The van der Waals surface area contributed by atoms with Gasteiger partial charge in [-0.2, -0.15) is 5.10 Å². The van der Waals surface area contributed by atoms with Gasteiger partial charge >= 0.3 is 0 Å². The molecule has 3 aromatic heterocycles. The van der Waals surface area contributed by atoms with Crippen molar-refractivity contribution in [1.82, 2.24) is 14.6 Å². The molecule has 100 valence electrons. The molecule has 0 aliphatic heterocycles. The largest absolute Gasteiger partial charge is 0.306 e. The van der Waals surface area contributed by atoms with Crippen LogP contribution in [-0.2, 0) is 0 Å². The Morgan fingerprint density at radius 1 is 1.35 bits per heavy atom. The van der Waals surface area contributed by atoms with Gasteiger partial charge in [0.1, 0.15) is 5.82 Å². The van der Waals surface area contributed by atoms with Crippen LogP contribution < -0.4 is 5.32 Å². The molecule has 3 rings (SSSR count). The van der Waals surface area contributed by atoms with Crippen LogP contribution in [0.2, 0.25) is 0 Å². The second-order valence-corrected chi connectivity index (χ2v) is 5.28. The molecule has 0 aromatic carbocycles. The van der Waals surface area contributed by atoms with Crippen LogP contribution in [0.3, 0.4) is 0 Å². The van der Waals surface area contributed by atoms with Crippen molar-refractivity contribution >= 4 is 33.2 Å². The molecule has 3 heterocycles. The Hall–Kier alpha value is -2.21. The van der Waals surface area contributed by atoms with Crippen LogP contribution in [0.1, 0.15) is 15.9 Å². The Balaban J connectivity index is 1.93. The van der Waals surface area contributed by atoms with Crippen molar-refractivity contribution < 1.29 is 4.79 Å². The third-order valence-electron chi connectivity index (χ3n) is 2.95. The van der Waals surface area contributed by atoms with E-state index in [-0.39, 0.29) is 5.91 Å². The molecule has 0 bridgehead atoms. The molecule has 0 saturated heterocycles. The predicted molar refractivity (Wildman–Crippen MR) is 79.8 cm³/mol. The fourth-order valence-electron chi connectivity index (χ4n) is 1.96. The van der Waals surface area contributed by atoms with Crippen LogP contribution in [-0.4, -0.2) is 20.5 Å². The van der Waals surface area contributed by atoms with E-state index in [1.807, 2.05) is 31.2 Å². The van der Waals surface area contributed by atoms with Crippen molar-refractivity contribution in [2.24, 2.45) is 0 Å². The first-order valence-electron chi connectivity index (χ1n) is 6.01. The molecule has 0 aliphatic carbocycles. The van der Waals surface area contributed by atoms with Gasteiger partial charge in [0.25, 0.3) is 5.91 Å². The summed E-state index contributed by atoms with van der Waals surface area (Å²) in [5.41, 5.74) is 2.18. The van der Waals surface area contributed by atoms with Gasteiger partial charge in [0.05, 0.1) is 17.3 Å². The van der Waals surface area contributed by atoms with E-state index in [0.717, 1.165) is 15.6 Å². The van der Waals surface area contributed by atoms with E-state index < -0.39 is 0 Å². The number of nitrogens with zero attached hydrogens (tertiary/aromatic N) is 3. The average Bonchev–Trinajstić information content (AvgIpc) is 2.86. The van der Waals surface area contributed by atoms with Gasteiger partial charge in [0.2, 0.25) is 0 Å². The molecule has 0 unspecified atom stereocenters. The van der Waals surface area contributed by atoms with Crippen LogP contribution in [0.5, 0.6) is 0 Å². The molecule has 0 atom stereocenters. The van der Waals surface area contributed by atoms with E-state index in [1.54, 1.807) is 23.1 Å². The maximum absolute atomic E-state index is 12.3. The fourth-order valence-corrected chi connectivity index (χ4v) is 2.40.